The first kappa shape index (κ1) is 24.2. The van der Waals surface area contributed by atoms with Crippen molar-refractivity contribution in [2.45, 2.75) is 43.9 Å². The Kier molecular flexibility index (Phi) is 6.10. The lowest BCUT2D eigenvalue weighted by Gasteiger charge is -2.57. The monoisotopic (exact) mass is 520 g/mol. The summed E-state index contributed by atoms with van der Waals surface area (Å²) in [5.74, 6) is 1.63. The summed E-state index contributed by atoms with van der Waals surface area (Å²) in [4.78, 5) is 39.4. The molecule has 0 radical (unpaired) electrons. The Morgan fingerprint density at radius 2 is 1.73 bits per heavy atom. The van der Waals surface area contributed by atoms with E-state index in [0.29, 0.717) is 11.4 Å². The first-order chi connectivity index (χ1) is 17.8. The Bertz CT molecular complexity index is 1270. The van der Waals surface area contributed by atoms with Crippen LogP contribution in [0.2, 0.25) is 0 Å². The number of thioether (sulfide) groups is 1. The van der Waals surface area contributed by atoms with E-state index >= 15 is 0 Å². The minimum Gasteiger partial charge on any atom is -0.496 e. The van der Waals surface area contributed by atoms with Gasteiger partial charge in [-0.3, -0.25) is 19.3 Å². The Hall–Kier alpha value is -3.13. The van der Waals surface area contributed by atoms with Gasteiger partial charge in [-0.1, -0.05) is 6.07 Å². The molecular weight excluding hydrogens is 491 g/mol. The van der Waals surface area contributed by atoms with E-state index in [9.17, 15) is 18.8 Å². The molecule has 2 aromatic carbocycles. The van der Waals surface area contributed by atoms with E-state index in [2.05, 4.69) is 17.4 Å². The highest BCUT2D eigenvalue weighted by molar-refractivity contribution is 8.18. The molecule has 1 saturated heterocycles. The van der Waals surface area contributed by atoms with Crippen LogP contribution in [0.3, 0.4) is 0 Å². The number of ether oxygens (including phenoxy) is 1. The summed E-state index contributed by atoms with van der Waals surface area (Å²) in [5.41, 5.74) is 2.66. The van der Waals surface area contributed by atoms with Crippen LogP contribution in [0, 0.1) is 23.6 Å². The van der Waals surface area contributed by atoms with Crippen molar-refractivity contribution < 1.29 is 23.5 Å². The van der Waals surface area contributed by atoms with E-state index in [1.165, 1.54) is 68.4 Å². The third kappa shape index (κ3) is 4.56. The zero-order chi connectivity index (χ0) is 25.7. The minimum atomic E-state index is -0.531. The van der Waals surface area contributed by atoms with Gasteiger partial charge in [-0.05, 0) is 121 Å². The highest BCUT2D eigenvalue weighted by atomic mass is 32.2. The van der Waals surface area contributed by atoms with E-state index in [0.717, 1.165) is 40.0 Å². The van der Waals surface area contributed by atoms with Gasteiger partial charge in [0.25, 0.3) is 11.1 Å². The van der Waals surface area contributed by atoms with E-state index in [1.807, 2.05) is 6.07 Å². The van der Waals surface area contributed by atoms with Crippen LogP contribution in [0.4, 0.5) is 14.9 Å². The van der Waals surface area contributed by atoms with Gasteiger partial charge in [0.15, 0.2) is 0 Å². The maximum Gasteiger partial charge on any atom is 0.294 e. The highest BCUT2D eigenvalue weighted by Crippen LogP contribution is 2.61. The largest absolute Gasteiger partial charge is 0.496 e. The molecule has 6 nitrogen and oxygen atoms in total. The number of halogens is 1. The summed E-state index contributed by atoms with van der Waals surface area (Å²) in [7, 11) is 1.60. The summed E-state index contributed by atoms with van der Waals surface area (Å²) in [6, 6.07) is 11.6. The van der Waals surface area contributed by atoms with Crippen LogP contribution in [0.15, 0.2) is 47.4 Å². The van der Waals surface area contributed by atoms with Gasteiger partial charge < -0.3 is 10.1 Å². The van der Waals surface area contributed by atoms with Gasteiger partial charge in [0, 0.05) is 11.3 Å². The number of anilines is 1. The number of benzene rings is 2. The van der Waals surface area contributed by atoms with Crippen LogP contribution in [0.25, 0.3) is 6.08 Å². The zero-order valence-corrected chi connectivity index (χ0v) is 21.5. The molecule has 0 atom stereocenters. The molecule has 192 valence electrons. The van der Waals surface area contributed by atoms with Crippen LogP contribution in [0.1, 0.15) is 49.7 Å². The van der Waals surface area contributed by atoms with Gasteiger partial charge in [-0.2, -0.15) is 0 Å². The Morgan fingerprint density at radius 3 is 2.35 bits per heavy atom. The standard InChI is InChI=1S/C29H29FN2O4S/c1-36-24-7-2-21(29-13-17-8-18(14-29)10-19(9-17)15-29)11-20(24)12-25-27(34)32(28(35)37-25)16-26(33)31-23-5-3-22(30)4-6-23/h2-7,11-12,17-19H,8-10,13-16H2,1H3,(H,31,33)/b25-12+. The molecule has 3 amide bonds. The lowest BCUT2D eigenvalue weighted by molar-refractivity contribution is -0.127. The van der Waals surface area contributed by atoms with Crippen molar-refractivity contribution in [3.05, 3.63) is 64.3 Å². The smallest absolute Gasteiger partial charge is 0.294 e. The molecule has 8 heteroatoms. The van der Waals surface area contributed by atoms with Crippen molar-refractivity contribution >= 4 is 40.6 Å². The zero-order valence-electron chi connectivity index (χ0n) is 20.7. The molecule has 4 aliphatic carbocycles. The SMILES string of the molecule is COc1ccc(C23CC4CC(CC(C4)C2)C3)cc1/C=C1/SC(=O)N(CC(=O)Nc2ccc(F)cc2)C1=O. The number of methoxy groups -OCH3 is 1. The van der Waals surface area contributed by atoms with Gasteiger partial charge in [-0.25, -0.2) is 4.39 Å². The summed E-state index contributed by atoms with van der Waals surface area (Å²) < 4.78 is 18.7. The fourth-order valence-electron chi connectivity index (χ4n) is 7.30. The van der Waals surface area contributed by atoms with Crippen molar-refractivity contribution in [2.75, 3.05) is 19.0 Å². The van der Waals surface area contributed by atoms with Gasteiger partial charge in [-0.15, -0.1) is 0 Å². The van der Waals surface area contributed by atoms with Crippen molar-refractivity contribution in [1.82, 2.24) is 4.90 Å². The Balaban J connectivity index is 1.22. The first-order valence-electron chi connectivity index (χ1n) is 12.8. The van der Waals surface area contributed by atoms with E-state index < -0.39 is 29.4 Å². The van der Waals surface area contributed by atoms with Crippen molar-refractivity contribution in [2.24, 2.45) is 17.8 Å². The fourth-order valence-corrected chi connectivity index (χ4v) is 8.13. The minimum absolute atomic E-state index is 0.196. The normalized spacial score (nSPS) is 29.3. The molecule has 1 N–H and O–H groups in total. The number of rotatable bonds is 6. The number of amides is 3. The summed E-state index contributed by atoms with van der Waals surface area (Å²) >= 11 is 0.825. The molecular formula is C29H29FN2O4S. The van der Waals surface area contributed by atoms with Crippen LogP contribution < -0.4 is 10.1 Å². The number of nitrogens with zero attached hydrogens (tertiary/aromatic N) is 1. The molecule has 4 saturated carbocycles. The average molecular weight is 521 g/mol. The molecule has 5 aliphatic rings. The number of hydrogen-bond acceptors (Lipinski definition) is 5. The van der Waals surface area contributed by atoms with Crippen LogP contribution in [0.5, 0.6) is 5.75 Å². The number of carbonyl (C=O) groups is 3. The molecule has 0 spiro atoms. The van der Waals surface area contributed by atoms with E-state index in [1.54, 1.807) is 13.2 Å². The van der Waals surface area contributed by atoms with Gasteiger partial charge in [0.1, 0.15) is 18.1 Å². The highest BCUT2D eigenvalue weighted by Gasteiger charge is 2.51. The molecule has 5 fully saturated rings. The second kappa shape index (κ2) is 9.31. The molecule has 1 aliphatic heterocycles. The van der Waals surface area contributed by atoms with Gasteiger partial charge >= 0.3 is 0 Å². The second-order valence-corrected chi connectivity index (χ2v) is 12.0. The third-order valence-corrected chi connectivity index (χ3v) is 9.38. The van der Waals surface area contributed by atoms with Crippen molar-refractivity contribution in [3.63, 3.8) is 0 Å². The topological polar surface area (TPSA) is 75.7 Å². The molecule has 1 heterocycles. The molecule has 2 aromatic rings. The predicted molar refractivity (Wildman–Crippen MR) is 141 cm³/mol. The Morgan fingerprint density at radius 1 is 1.08 bits per heavy atom. The van der Waals surface area contributed by atoms with Crippen LogP contribution in [-0.2, 0) is 15.0 Å². The van der Waals surface area contributed by atoms with Crippen LogP contribution >= 0.6 is 11.8 Å². The molecule has 37 heavy (non-hydrogen) atoms. The number of carbonyl (C=O) groups excluding carboxylic acids is 3. The fraction of sp³-hybridized carbons (Fsp3) is 0.414. The molecule has 7 rings (SSSR count). The molecule has 4 bridgehead atoms. The molecule has 0 unspecified atom stereocenters. The molecule has 0 aromatic heterocycles. The van der Waals surface area contributed by atoms with Gasteiger partial charge in [0.2, 0.25) is 5.91 Å². The van der Waals surface area contributed by atoms with Crippen molar-refractivity contribution in [1.29, 1.82) is 0 Å². The summed E-state index contributed by atoms with van der Waals surface area (Å²) in [5, 5.41) is 2.09. The van der Waals surface area contributed by atoms with E-state index in [-0.39, 0.29) is 10.3 Å². The second-order valence-electron chi connectivity index (χ2n) is 11.0. The number of nitrogens with one attached hydrogen (secondary N) is 1. The predicted octanol–water partition coefficient (Wildman–Crippen LogP) is 5.98. The third-order valence-electron chi connectivity index (χ3n) is 8.47. The first-order valence-corrected chi connectivity index (χ1v) is 13.6. The lowest BCUT2D eigenvalue weighted by Crippen LogP contribution is -2.48. The van der Waals surface area contributed by atoms with E-state index in [4.69, 9.17) is 4.74 Å². The number of hydrogen-bond donors (Lipinski definition) is 1. The quantitative estimate of drug-likeness (QED) is 0.475. The summed E-state index contributed by atoms with van der Waals surface area (Å²) in [6.45, 7) is -0.413. The number of imide groups is 1. The lowest BCUT2D eigenvalue weighted by atomic mass is 9.48. The maximum atomic E-state index is 13.1. The maximum absolute atomic E-state index is 13.1. The van der Waals surface area contributed by atoms with Crippen LogP contribution in [-0.4, -0.2) is 35.6 Å². The Labute approximate surface area is 219 Å². The average Bonchev–Trinajstić information content (AvgIpc) is 3.12. The van der Waals surface area contributed by atoms with Gasteiger partial charge in [0.05, 0.1) is 12.0 Å². The summed E-state index contributed by atoms with van der Waals surface area (Å²) in [6.07, 6.45) is 9.49. The van der Waals surface area contributed by atoms with Crippen molar-refractivity contribution in [3.8, 4) is 5.75 Å².